The maximum Gasteiger partial charge on any atom is 0.314 e. The number of benzene rings is 2. The van der Waals surface area contributed by atoms with Gasteiger partial charge in [-0.05, 0) is 61.0 Å². The first kappa shape index (κ1) is 30.3. The summed E-state index contributed by atoms with van der Waals surface area (Å²) in [6.45, 7) is 17.1. The van der Waals surface area contributed by atoms with Crippen LogP contribution in [0.5, 0.6) is 0 Å². The highest BCUT2D eigenvalue weighted by Crippen LogP contribution is 2.56. The fourth-order valence-corrected chi connectivity index (χ4v) is 7.00. The van der Waals surface area contributed by atoms with Gasteiger partial charge in [0.25, 0.3) is 0 Å². The van der Waals surface area contributed by atoms with Gasteiger partial charge in [-0.1, -0.05) is 114 Å². The Balaban J connectivity index is 1.88. The minimum Gasteiger partial charge on any atom is -0.462 e. The van der Waals surface area contributed by atoms with E-state index in [2.05, 4.69) is 78.8 Å². The average Bonchev–Trinajstić information content (AvgIpc) is 3.33. The second-order valence-electron chi connectivity index (χ2n) is 12.1. The Morgan fingerprint density at radius 1 is 0.921 bits per heavy atom. The Morgan fingerprint density at radius 3 is 1.95 bits per heavy atom. The van der Waals surface area contributed by atoms with Gasteiger partial charge in [-0.3, -0.25) is 4.79 Å². The summed E-state index contributed by atoms with van der Waals surface area (Å²) >= 11 is 0. The minimum absolute atomic E-state index is 0.0883. The van der Waals surface area contributed by atoms with E-state index in [1.807, 2.05) is 49.2 Å². The van der Waals surface area contributed by atoms with E-state index in [0.29, 0.717) is 25.2 Å². The molecule has 1 saturated carbocycles. The maximum atomic E-state index is 13.8. The SMILES string of the molecule is C=C(C[C@H](C[C@@H](CC=O)C(C)(C)C)OC(=O)[C]1[CH][CH][CH][C]1P(c1ccccc1)c1ccccc1)C(C)(C)C. The van der Waals surface area contributed by atoms with Gasteiger partial charge in [0.1, 0.15) is 18.3 Å². The molecule has 0 aliphatic heterocycles. The lowest BCUT2D eigenvalue weighted by molar-refractivity contribution is -0.147. The van der Waals surface area contributed by atoms with Gasteiger partial charge in [0.15, 0.2) is 0 Å². The van der Waals surface area contributed by atoms with Crippen LogP contribution >= 0.6 is 7.92 Å². The predicted octanol–water partition coefficient (Wildman–Crippen LogP) is 7.40. The molecule has 38 heavy (non-hydrogen) atoms. The molecule has 1 aliphatic rings. The molecular weight excluding hydrogens is 487 g/mol. The Labute approximate surface area is 232 Å². The molecule has 3 rings (SSSR count). The summed E-state index contributed by atoms with van der Waals surface area (Å²) < 4.78 is 6.29. The molecule has 2 atom stereocenters. The summed E-state index contributed by atoms with van der Waals surface area (Å²) in [6.07, 6.45) is 8.12. The van der Waals surface area contributed by atoms with Crippen molar-refractivity contribution in [1.29, 1.82) is 0 Å². The molecule has 5 radical (unpaired) electrons. The summed E-state index contributed by atoms with van der Waals surface area (Å²) in [4.78, 5) is 25.3. The van der Waals surface area contributed by atoms with E-state index in [0.717, 1.165) is 17.5 Å². The Morgan fingerprint density at radius 2 is 1.47 bits per heavy atom. The fourth-order valence-electron chi connectivity index (χ4n) is 4.57. The number of rotatable bonds is 11. The summed E-state index contributed by atoms with van der Waals surface area (Å²) in [5.41, 5.74) is 1.84. The van der Waals surface area contributed by atoms with Gasteiger partial charge in [-0.2, -0.15) is 0 Å². The van der Waals surface area contributed by atoms with Crippen molar-refractivity contribution < 1.29 is 14.3 Å². The highest BCUT2D eigenvalue weighted by atomic mass is 31.1. The van der Waals surface area contributed by atoms with Crippen LogP contribution in [0.15, 0.2) is 72.8 Å². The number of ether oxygens (including phenoxy) is 1. The molecule has 0 heterocycles. The highest BCUT2D eigenvalue weighted by Gasteiger charge is 2.43. The Hall–Kier alpha value is -2.25. The molecule has 4 heteroatoms. The molecule has 3 nitrogen and oxygen atoms in total. The van der Waals surface area contributed by atoms with Crippen molar-refractivity contribution in [3.8, 4) is 0 Å². The van der Waals surface area contributed by atoms with Crippen LogP contribution in [0.1, 0.15) is 60.8 Å². The van der Waals surface area contributed by atoms with E-state index < -0.39 is 7.92 Å². The van der Waals surface area contributed by atoms with Crippen molar-refractivity contribution in [3.63, 3.8) is 0 Å². The molecule has 1 aliphatic carbocycles. The molecule has 0 N–H and O–H groups in total. The van der Waals surface area contributed by atoms with Crippen molar-refractivity contribution in [2.24, 2.45) is 16.7 Å². The molecule has 0 amide bonds. The summed E-state index contributed by atoms with van der Waals surface area (Å²) in [7, 11) is -0.928. The van der Waals surface area contributed by atoms with E-state index in [4.69, 9.17) is 4.74 Å². The first-order valence-corrected chi connectivity index (χ1v) is 14.7. The van der Waals surface area contributed by atoms with Crippen molar-refractivity contribution in [2.75, 3.05) is 0 Å². The first-order chi connectivity index (χ1) is 17.9. The minimum atomic E-state index is -0.928. The van der Waals surface area contributed by atoms with Gasteiger partial charge >= 0.3 is 5.97 Å². The first-order valence-electron chi connectivity index (χ1n) is 13.4. The largest absolute Gasteiger partial charge is 0.462 e. The topological polar surface area (TPSA) is 43.4 Å². The summed E-state index contributed by atoms with van der Waals surface area (Å²) in [6, 6.07) is 20.7. The predicted molar refractivity (Wildman–Crippen MR) is 160 cm³/mol. The van der Waals surface area contributed by atoms with Crippen LogP contribution in [-0.4, -0.2) is 18.4 Å². The van der Waals surface area contributed by atoms with Gasteiger partial charge in [-0.15, -0.1) is 0 Å². The van der Waals surface area contributed by atoms with E-state index in [-0.39, 0.29) is 28.8 Å². The van der Waals surface area contributed by atoms with Crippen LogP contribution in [0, 0.1) is 47.6 Å². The number of hydrogen-bond donors (Lipinski definition) is 0. The monoisotopic (exact) mass is 529 g/mol. The molecule has 0 spiro atoms. The zero-order chi connectivity index (χ0) is 27.9. The van der Waals surface area contributed by atoms with Gasteiger partial charge in [-0.25, -0.2) is 0 Å². The number of carbonyl (C=O) groups is 2. The highest BCUT2D eigenvalue weighted by molar-refractivity contribution is 7.76. The quantitative estimate of drug-likeness (QED) is 0.132. The van der Waals surface area contributed by atoms with E-state index in [1.54, 1.807) is 0 Å². The van der Waals surface area contributed by atoms with Crippen LogP contribution < -0.4 is 10.6 Å². The molecule has 201 valence electrons. The van der Waals surface area contributed by atoms with Crippen LogP contribution in [-0.2, 0) is 14.3 Å². The van der Waals surface area contributed by atoms with Crippen LogP contribution in [0.3, 0.4) is 0 Å². The second-order valence-corrected chi connectivity index (χ2v) is 14.3. The van der Waals surface area contributed by atoms with E-state index in [9.17, 15) is 9.59 Å². The molecule has 0 aromatic heterocycles. The third kappa shape index (κ3) is 8.12. The standard InChI is InChI=1S/C34H42O3P/c1-25(33(2,3)4)23-27(24-26(21-22-35)34(5,6)7)37-32(36)30-19-14-20-31(30)38(28-15-10-8-11-16-28)29-17-12-9-13-18-29/h8-20,22,26-27H,1,21,23-24H2,2-7H3/t26-,27-/m1/s1. The lowest BCUT2D eigenvalue weighted by Crippen LogP contribution is -2.32. The Kier molecular flexibility index (Phi) is 10.5. The third-order valence-electron chi connectivity index (χ3n) is 7.24. The van der Waals surface area contributed by atoms with Crippen LogP contribution in [0.2, 0.25) is 0 Å². The normalized spacial score (nSPS) is 16.8. The van der Waals surface area contributed by atoms with Gasteiger partial charge in [0.05, 0.1) is 0 Å². The molecule has 0 saturated heterocycles. The number of aldehydes is 1. The van der Waals surface area contributed by atoms with Gasteiger partial charge in [0, 0.05) is 18.5 Å². The van der Waals surface area contributed by atoms with E-state index >= 15 is 0 Å². The van der Waals surface area contributed by atoms with Crippen molar-refractivity contribution in [3.05, 3.63) is 104 Å². The maximum absolute atomic E-state index is 13.8. The molecule has 1 fully saturated rings. The summed E-state index contributed by atoms with van der Waals surface area (Å²) in [5, 5.41) is 2.37. The van der Waals surface area contributed by atoms with Gasteiger partial charge < -0.3 is 9.53 Å². The fraction of sp³-hybridized carbons (Fsp3) is 0.382. The van der Waals surface area contributed by atoms with E-state index in [1.165, 1.54) is 10.6 Å². The van der Waals surface area contributed by atoms with Crippen molar-refractivity contribution in [2.45, 2.75) is 66.9 Å². The van der Waals surface area contributed by atoms with Gasteiger partial charge in [0.2, 0.25) is 0 Å². The average molecular weight is 530 g/mol. The second kappa shape index (κ2) is 13.2. The van der Waals surface area contributed by atoms with Crippen LogP contribution in [0.4, 0.5) is 0 Å². The Bertz CT molecular complexity index is 1010. The molecular formula is C34H42O3P. The number of esters is 1. The molecule has 0 unspecified atom stereocenters. The molecule has 2 aromatic rings. The number of carbonyl (C=O) groups excluding carboxylic acids is 2. The van der Waals surface area contributed by atoms with Crippen LogP contribution in [0.25, 0.3) is 0 Å². The molecule has 2 aromatic carbocycles. The van der Waals surface area contributed by atoms with Crippen molar-refractivity contribution in [1.82, 2.24) is 0 Å². The van der Waals surface area contributed by atoms with Crippen molar-refractivity contribution >= 4 is 30.8 Å². The zero-order valence-electron chi connectivity index (χ0n) is 23.7. The smallest absolute Gasteiger partial charge is 0.314 e. The lowest BCUT2D eigenvalue weighted by Gasteiger charge is -2.35. The number of hydrogen-bond acceptors (Lipinski definition) is 3. The molecule has 0 bridgehead atoms. The lowest BCUT2D eigenvalue weighted by atomic mass is 9.74. The summed E-state index contributed by atoms with van der Waals surface area (Å²) in [5.74, 6) is 0.392. The zero-order valence-corrected chi connectivity index (χ0v) is 24.6. The third-order valence-corrected chi connectivity index (χ3v) is 9.74.